The number of rotatable bonds is 7. The molecule has 3 aromatic rings. The molecule has 0 fully saturated rings. The summed E-state index contributed by atoms with van der Waals surface area (Å²) < 4.78 is 5.39. The van der Waals surface area contributed by atoms with Crippen LogP contribution in [0.25, 0.3) is 10.7 Å². The van der Waals surface area contributed by atoms with Gasteiger partial charge in [0.05, 0.1) is 11.4 Å². The first-order valence-corrected chi connectivity index (χ1v) is 9.30. The number of hydrogen-bond donors (Lipinski definition) is 1. The summed E-state index contributed by atoms with van der Waals surface area (Å²) in [5.41, 5.74) is 1.08. The number of aromatic nitrogens is 2. The molecular formula is C18H20ClN3OS. The van der Waals surface area contributed by atoms with Gasteiger partial charge in [0.2, 0.25) is 11.7 Å². The lowest BCUT2D eigenvalue weighted by Crippen LogP contribution is -2.41. The fourth-order valence-corrected chi connectivity index (χ4v) is 3.63. The zero-order chi connectivity index (χ0) is 17.0. The molecule has 0 saturated carbocycles. The van der Waals surface area contributed by atoms with E-state index in [9.17, 15) is 0 Å². The molecule has 0 bridgehead atoms. The predicted molar refractivity (Wildman–Crippen MR) is 98.2 cm³/mol. The molecule has 0 atom stereocenters. The number of nitrogens with one attached hydrogen (secondary N) is 1. The van der Waals surface area contributed by atoms with Crippen molar-refractivity contribution in [3.63, 3.8) is 0 Å². The number of hydrogen-bond acceptors (Lipinski definition) is 5. The van der Waals surface area contributed by atoms with Crippen molar-refractivity contribution in [3.05, 3.63) is 58.3 Å². The standard InChI is InChI=1S/C18H20ClN3OS/c1-3-18(4-2,13-7-9-14(19)10-8-13)20-12-16-21-17(22-23-16)15-6-5-11-24-15/h5-11,20H,3-4,12H2,1-2H3. The van der Waals surface area contributed by atoms with Crippen molar-refractivity contribution in [1.29, 1.82) is 0 Å². The summed E-state index contributed by atoms with van der Waals surface area (Å²) in [6.07, 6.45) is 1.91. The molecule has 4 nitrogen and oxygen atoms in total. The maximum atomic E-state index is 6.02. The minimum absolute atomic E-state index is 0.137. The number of nitrogens with zero attached hydrogens (tertiary/aromatic N) is 2. The van der Waals surface area contributed by atoms with Crippen LogP contribution in [0.5, 0.6) is 0 Å². The van der Waals surface area contributed by atoms with E-state index in [0.29, 0.717) is 18.3 Å². The Morgan fingerprint density at radius 1 is 1.17 bits per heavy atom. The van der Waals surface area contributed by atoms with Crippen LogP contribution in [0, 0.1) is 0 Å². The second kappa shape index (κ2) is 7.47. The van der Waals surface area contributed by atoms with Crippen LogP contribution in [0.2, 0.25) is 5.02 Å². The number of benzene rings is 1. The highest BCUT2D eigenvalue weighted by Gasteiger charge is 2.28. The minimum atomic E-state index is -0.137. The van der Waals surface area contributed by atoms with E-state index in [0.717, 1.165) is 22.7 Å². The summed E-state index contributed by atoms with van der Waals surface area (Å²) in [5.74, 6) is 1.24. The van der Waals surface area contributed by atoms with E-state index in [-0.39, 0.29) is 5.54 Å². The molecule has 1 aromatic carbocycles. The molecule has 2 heterocycles. The van der Waals surface area contributed by atoms with Crippen LogP contribution < -0.4 is 5.32 Å². The monoisotopic (exact) mass is 361 g/mol. The van der Waals surface area contributed by atoms with Crippen LogP contribution >= 0.6 is 22.9 Å². The summed E-state index contributed by atoms with van der Waals surface area (Å²) in [7, 11) is 0. The van der Waals surface area contributed by atoms with E-state index in [1.54, 1.807) is 11.3 Å². The van der Waals surface area contributed by atoms with Crippen LogP contribution in [0.4, 0.5) is 0 Å². The van der Waals surface area contributed by atoms with Gasteiger partial charge in [-0.2, -0.15) is 4.98 Å². The van der Waals surface area contributed by atoms with Crippen molar-refractivity contribution < 1.29 is 4.52 Å². The molecule has 0 radical (unpaired) electrons. The minimum Gasteiger partial charge on any atom is -0.338 e. The fraction of sp³-hybridized carbons (Fsp3) is 0.333. The second-order valence-corrected chi connectivity index (χ2v) is 7.02. The smallest absolute Gasteiger partial charge is 0.240 e. The maximum Gasteiger partial charge on any atom is 0.240 e. The quantitative estimate of drug-likeness (QED) is 0.623. The van der Waals surface area contributed by atoms with E-state index >= 15 is 0 Å². The van der Waals surface area contributed by atoms with E-state index in [4.69, 9.17) is 16.1 Å². The Balaban J connectivity index is 1.76. The molecule has 1 N–H and O–H groups in total. The van der Waals surface area contributed by atoms with Crippen molar-refractivity contribution >= 4 is 22.9 Å². The highest BCUT2D eigenvalue weighted by molar-refractivity contribution is 7.13. The van der Waals surface area contributed by atoms with E-state index in [2.05, 4.69) is 41.4 Å². The Bertz CT molecular complexity index is 764. The van der Waals surface area contributed by atoms with Crippen molar-refractivity contribution in [3.8, 4) is 10.7 Å². The van der Waals surface area contributed by atoms with E-state index < -0.39 is 0 Å². The van der Waals surface area contributed by atoms with Gasteiger partial charge < -0.3 is 4.52 Å². The van der Waals surface area contributed by atoms with Gasteiger partial charge in [0.15, 0.2) is 0 Å². The first-order chi connectivity index (χ1) is 11.7. The first-order valence-electron chi connectivity index (χ1n) is 8.04. The molecule has 24 heavy (non-hydrogen) atoms. The van der Waals surface area contributed by atoms with Gasteiger partial charge >= 0.3 is 0 Å². The van der Waals surface area contributed by atoms with Gasteiger partial charge in [0.1, 0.15) is 0 Å². The lowest BCUT2D eigenvalue weighted by atomic mass is 9.84. The zero-order valence-corrected chi connectivity index (χ0v) is 15.3. The van der Waals surface area contributed by atoms with E-state index in [1.165, 1.54) is 5.56 Å². The SMILES string of the molecule is CCC(CC)(NCc1nc(-c2cccs2)no1)c1ccc(Cl)cc1. The van der Waals surface area contributed by atoms with Gasteiger partial charge in [0, 0.05) is 10.6 Å². The lowest BCUT2D eigenvalue weighted by Gasteiger charge is -2.33. The summed E-state index contributed by atoms with van der Waals surface area (Å²) in [4.78, 5) is 5.50. The van der Waals surface area contributed by atoms with E-state index in [1.807, 2.05) is 29.6 Å². The van der Waals surface area contributed by atoms with Gasteiger partial charge in [-0.25, -0.2) is 0 Å². The molecule has 126 valence electrons. The summed E-state index contributed by atoms with van der Waals surface area (Å²) in [6.45, 7) is 4.88. The van der Waals surface area contributed by atoms with Crippen molar-refractivity contribution in [2.45, 2.75) is 38.8 Å². The fourth-order valence-electron chi connectivity index (χ4n) is 2.86. The molecule has 2 aromatic heterocycles. The number of halogens is 1. The predicted octanol–water partition coefficient (Wildman–Crippen LogP) is 5.26. The molecule has 0 aliphatic heterocycles. The molecule has 0 aliphatic rings. The molecule has 3 rings (SSSR count). The average Bonchev–Trinajstić information content (AvgIpc) is 3.29. The lowest BCUT2D eigenvalue weighted by molar-refractivity contribution is 0.277. The summed E-state index contributed by atoms with van der Waals surface area (Å²) in [5, 5.41) is 10.4. The van der Waals surface area contributed by atoms with Gasteiger partial charge in [-0.1, -0.05) is 48.8 Å². The molecule has 0 spiro atoms. The van der Waals surface area contributed by atoms with Crippen molar-refractivity contribution in [2.24, 2.45) is 0 Å². The Morgan fingerprint density at radius 2 is 1.92 bits per heavy atom. The largest absolute Gasteiger partial charge is 0.338 e. The Labute approximate surface area is 150 Å². The Morgan fingerprint density at radius 3 is 2.54 bits per heavy atom. The Hall–Kier alpha value is -1.69. The normalized spacial score (nSPS) is 11.8. The highest BCUT2D eigenvalue weighted by Crippen LogP contribution is 2.30. The third kappa shape index (κ3) is 3.53. The summed E-state index contributed by atoms with van der Waals surface area (Å²) in [6, 6.07) is 12.0. The molecule has 0 unspecified atom stereocenters. The Kier molecular flexibility index (Phi) is 5.33. The van der Waals surface area contributed by atoms with Gasteiger partial charge in [-0.3, -0.25) is 5.32 Å². The molecule has 0 aliphatic carbocycles. The summed E-state index contributed by atoms with van der Waals surface area (Å²) >= 11 is 7.62. The molecule has 6 heteroatoms. The average molecular weight is 362 g/mol. The zero-order valence-electron chi connectivity index (χ0n) is 13.8. The van der Waals surface area contributed by atoms with Crippen LogP contribution in [0.3, 0.4) is 0 Å². The van der Waals surface area contributed by atoms with Crippen LogP contribution in [0.15, 0.2) is 46.3 Å². The number of thiophene rings is 1. The van der Waals surface area contributed by atoms with Crippen LogP contribution in [-0.4, -0.2) is 10.1 Å². The van der Waals surface area contributed by atoms with Crippen LogP contribution in [0.1, 0.15) is 38.1 Å². The van der Waals surface area contributed by atoms with Gasteiger partial charge in [-0.15, -0.1) is 11.3 Å². The van der Waals surface area contributed by atoms with Gasteiger partial charge in [0.25, 0.3) is 0 Å². The first kappa shape index (κ1) is 17.1. The topological polar surface area (TPSA) is 51.0 Å². The van der Waals surface area contributed by atoms with Gasteiger partial charge in [-0.05, 0) is 42.0 Å². The maximum absolute atomic E-state index is 6.02. The third-order valence-electron chi connectivity index (χ3n) is 4.39. The highest BCUT2D eigenvalue weighted by atomic mass is 35.5. The second-order valence-electron chi connectivity index (χ2n) is 5.64. The molecule has 0 saturated heterocycles. The van der Waals surface area contributed by atoms with Crippen LogP contribution in [-0.2, 0) is 12.1 Å². The van der Waals surface area contributed by atoms with Crippen molar-refractivity contribution in [1.82, 2.24) is 15.5 Å². The van der Waals surface area contributed by atoms with Crippen molar-refractivity contribution in [2.75, 3.05) is 0 Å². The molecule has 0 amide bonds. The molecular weight excluding hydrogens is 342 g/mol. The third-order valence-corrected chi connectivity index (χ3v) is 5.51.